The lowest BCUT2D eigenvalue weighted by molar-refractivity contribution is 0.955. The first-order valence-electron chi connectivity index (χ1n) is 4.34. The second-order valence-electron chi connectivity index (χ2n) is 2.85. The smallest absolute Gasteiger partial charge is 0.193 e. The van der Waals surface area contributed by atoms with Crippen LogP contribution in [-0.4, -0.2) is 15.0 Å². The molecule has 0 aromatic carbocycles. The van der Waals surface area contributed by atoms with Gasteiger partial charge in [0.15, 0.2) is 5.16 Å². The largest absolute Gasteiger partial charge is 0.245 e. The van der Waals surface area contributed by atoms with Gasteiger partial charge in [0, 0.05) is 16.9 Å². The SMILES string of the molecule is Cc1nc(Sc2ncccn2)ccc1Br. The summed E-state index contributed by atoms with van der Waals surface area (Å²) in [6.45, 7) is 1.96. The molecule has 0 amide bonds. The van der Waals surface area contributed by atoms with Crippen LogP contribution in [0.3, 0.4) is 0 Å². The van der Waals surface area contributed by atoms with Gasteiger partial charge in [0.25, 0.3) is 0 Å². The van der Waals surface area contributed by atoms with Gasteiger partial charge in [-0.15, -0.1) is 0 Å². The second kappa shape index (κ2) is 4.72. The first-order valence-corrected chi connectivity index (χ1v) is 5.94. The van der Waals surface area contributed by atoms with Crippen molar-refractivity contribution in [1.82, 2.24) is 15.0 Å². The molecule has 5 heteroatoms. The molecule has 15 heavy (non-hydrogen) atoms. The summed E-state index contributed by atoms with van der Waals surface area (Å²) in [4.78, 5) is 12.7. The van der Waals surface area contributed by atoms with E-state index in [-0.39, 0.29) is 0 Å². The number of halogens is 1. The first kappa shape index (κ1) is 10.6. The zero-order valence-electron chi connectivity index (χ0n) is 8.01. The molecule has 2 aromatic rings. The highest BCUT2D eigenvalue weighted by Gasteiger charge is 2.02. The highest BCUT2D eigenvalue weighted by Crippen LogP contribution is 2.24. The summed E-state index contributed by atoms with van der Waals surface area (Å²) in [6, 6.07) is 5.72. The van der Waals surface area contributed by atoms with Gasteiger partial charge >= 0.3 is 0 Å². The Labute approximate surface area is 101 Å². The molecule has 0 bridgehead atoms. The van der Waals surface area contributed by atoms with Crippen LogP contribution in [0.4, 0.5) is 0 Å². The average molecular weight is 282 g/mol. The number of aromatic nitrogens is 3. The predicted octanol–water partition coefficient (Wildman–Crippen LogP) is 3.09. The van der Waals surface area contributed by atoms with Gasteiger partial charge in [0.2, 0.25) is 0 Å². The van der Waals surface area contributed by atoms with Crippen LogP contribution in [0.1, 0.15) is 5.69 Å². The lowest BCUT2D eigenvalue weighted by atomic mass is 10.4. The Morgan fingerprint density at radius 1 is 1.20 bits per heavy atom. The summed E-state index contributed by atoms with van der Waals surface area (Å²) < 4.78 is 1.01. The van der Waals surface area contributed by atoms with Crippen LogP contribution >= 0.6 is 27.7 Å². The second-order valence-corrected chi connectivity index (χ2v) is 4.69. The molecule has 2 aromatic heterocycles. The van der Waals surface area contributed by atoms with Crippen molar-refractivity contribution in [2.45, 2.75) is 17.1 Å². The molecule has 3 nitrogen and oxygen atoms in total. The molecule has 0 aliphatic rings. The summed E-state index contributed by atoms with van der Waals surface area (Å²) in [5.74, 6) is 0. The van der Waals surface area contributed by atoms with E-state index >= 15 is 0 Å². The Morgan fingerprint density at radius 3 is 2.60 bits per heavy atom. The maximum atomic E-state index is 4.40. The van der Waals surface area contributed by atoms with Crippen LogP contribution < -0.4 is 0 Å². The fraction of sp³-hybridized carbons (Fsp3) is 0.100. The molecular formula is C10H8BrN3S. The average Bonchev–Trinajstić information content (AvgIpc) is 2.25. The zero-order chi connectivity index (χ0) is 10.7. The number of pyridine rings is 1. The molecule has 0 N–H and O–H groups in total. The van der Waals surface area contributed by atoms with Crippen molar-refractivity contribution in [3.05, 3.63) is 40.8 Å². The topological polar surface area (TPSA) is 38.7 Å². The number of rotatable bonds is 2. The van der Waals surface area contributed by atoms with Crippen LogP contribution in [0.15, 0.2) is 45.2 Å². The maximum Gasteiger partial charge on any atom is 0.193 e. The molecule has 0 aliphatic carbocycles. The van der Waals surface area contributed by atoms with Crippen molar-refractivity contribution >= 4 is 27.7 Å². The van der Waals surface area contributed by atoms with Crippen LogP contribution in [0.25, 0.3) is 0 Å². The molecule has 76 valence electrons. The van der Waals surface area contributed by atoms with E-state index in [1.807, 2.05) is 19.1 Å². The Balaban J connectivity index is 2.22. The first-order chi connectivity index (χ1) is 7.25. The van der Waals surface area contributed by atoms with Gasteiger partial charge in [-0.3, -0.25) is 0 Å². The van der Waals surface area contributed by atoms with Crippen molar-refractivity contribution in [3.63, 3.8) is 0 Å². The number of hydrogen-bond donors (Lipinski definition) is 0. The maximum absolute atomic E-state index is 4.40. The number of aryl methyl sites for hydroxylation is 1. The van der Waals surface area contributed by atoms with Crippen molar-refractivity contribution in [2.75, 3.05) is 0 Å². The Bertz CT molecular complexity index is 461. The fourth-order valence-corrected chi connectivity index (χ4v) is 1.96. The molecule has 2 rings (SSSR count). The summed E-state index contributed by atoms with van der Waals surface area (Å²) in [6.07, 6.45) is 3.45. The third kappa shape index (κ3) is 2.76. The van der Waals surface area contributed by atoms with Gasteiger partial charge in [-0.25, -0.2) is 15.0 Å². The van der Waals surface area contributed by atoms with E-state index in [4.69, 9.17) is 0 Å². The van der Waals surface area contributed by atoms with E-state index in [1.54, 1.807) is 18.5 Å². The Hall–Kier alpha value is -0.940. The van der Waals surface area contributed by atoms with E-state index in [2.05, 4.69) is 30.9 Å². The summed E-state index contributed by atoms with van der Waals surface area (Å²) in [5.41, 5.74) is 0.968. The summed E-state index contributed by atoms with van der Waals surface area (Å²) in [7, 11) is 0. The van der Waals surface area contributed by atoms with Gasteiger partial charge in [-0.05, 0) is 52.8 Å². The minimum Gasteiger partial charge on any atom is -0.245 e. The molecule has 0 saturated heterocycles. The van der Waals surface area contributed by atoms with Gasteiger partial charge in [-0.2, -0.15) is 0 Å². The van der Waals surface area contributed by atoms with E-state index in [1.165, 1.54) is 11.8 Å². The molecule has 2 heterocycles. The molecule has 0 fully saturated rings. The molecule has 0 atom stereocenters. The standard InChI is InChI=1S/C10H8BrN3S/c1-7-8(11)3-4-9(14-7)15-10-12-5-2-6-13-10/h2-6H,1H3. The normalized spacial score (nSPS) is 10.3. The fourth-order valence-electron chi connectivity index (χ4n) is 1.01. The van der Waals surface area contributed by atoms with E-state index in [0.29, 0.717) is 5.16 Å². The van der Waals surface area contributed by atoms with Crippen LogP contribution in [0, 0.1) is 6.92 Å². The van der Waals surface area contributed by atoms with Crippen molar-refractivity contribution < 1.29 is 0 Å². The van der Waals surface area contributed by atoms with Crippen molar-refractivity contribution in [1.29, 1.82) is 0 Å². The minimum atomic E-state index is 0.715. The van der Waals surface area contributed by atoms with Crippen LogP contribution in [0.5, 0.6) is 0 Å². The van der Waals surface area contributed by atoms with Gasteiger partial charge in [0.1, 0.15) is 5.03 Å². The van der Waals surface area contributed by atoms with Crippen LogP contribution in [-0.2, 0) is 0 Å². The van der Waals surface area contributed by atoms with Gasteiger partial charge in [0.05, 0.1) is 5.69 Å². The predicted molar refractivity (Wildman–Crippen MR) is 62.8 cm³/mol. The molecule has 0 saturated carbocycles. The monoisotopic (exact) mass is 281 g/mol. The highest BCUT2D eigenvalue weighted by atomic mass is 79.9. The third-order valence-corrected chi connectivity index (χ3v) is 3.40. The van der Waals surface area contributed by atoms with E-state index in [9.17, 15) is 0 Å². The van der Waals surface area contributed by atoms with E-state index in [0.717, 1.165) is 15.2 Å². The van der Waals surface area contributed by atoms with Crippen molar-refractivity contribution in [3.8, 4) is 0 Å². The van der Waals surface area contributed by atoms with Gasteiger partial charge in [-0.1, -0.05) is 0 Å². The lowest BCUT2D eigenvalue weighted by Gasteiger charge is -2.01. The zero-order valence-corrected chi connectivity index (χ0v) is 10.4. The third-order valence-electron chi connectivity index (χ3n) is 1.73. The molecule has 0 aliphatic heterocycles. The lowest BCUT2D eigenvalue weighted by Crippen LogP contribution is -1.88. The summed E-state index contributed by atoms with van der Waals surface area (Å²) in [5, 5.41) is 1.62. The molecule has 0 spiro atoms. The molecule has 0 radical (unpaired) electrons. The Kier molecular flexibility index (Phi) is 3.33. The minimum absolute atomic E-state index is 0.715. The quantitative estimate of drug-likeness (QED) is 0.793. The van der Waals surface area contributed by atoms with Crippen LogP contribution in [0.2, 0.25) is 0 Å². The highest BCUT2D eigenvalue weighted by molar-refractivity contribution is 9.10. The number of nitrogens with zero attached hydrogens (tertiary/aromatic N) is 3. The molecule has 0 unspecified atom stereocenters. The van der Waals surface area contributed by atoms with Crippen molar-refractivity contribution in [2.24, 2.45) is 0 Å². The van der Waals surface area contributed by atoms with Gasteiger partial charge < -0.3 is 0 Å². The number of hydrogen-bond acceptors (Lipinski definition) is 4. The molecular weight excluding hydrogens is 274 g/mol. The summed E-state index contributed by atoms with van der Waals surface area (Å²) >= 11 is 4.87. The van der Waals surface area contributed by atoms with E-state index < -0.39 is 0 Å². The Morgan fingerprint density at radius 2 is 1.93 bits per heavy atom.